The molecule has 118 valence electrons. The van der Waals surface area contributed by atoms with Crippen molar-refractivity contribution in [2.75, 3.05) is 33.0 Å². The quantitative estimate of drug-likeness (QED) is 0.810. The molecule has 0 aliphatic carbocycles. The molecule has 5 nitrogen and oxygen atoms in total. The van der Waals surface area contributed by atoms with Gasteiger partial charge < -0.3 is 15.5 Å². The molecule has 1 aromatic heterocycles. The number of anilines is 1. The van der Waals surface area contributed by atoms with Gasteiger partial charge in [0.15, 0.2) is 0 Å². The first kappa shape index (κ1) is 17.4. The second-order valence-corrected chi connectivity index (χ2v) is 6.04. The van der Waals surface area contributed by atoms with Gasteiger partial charge in [-0.25, -0.2) is 4.98 Å². The lowest BCUT2D eigenvalue weighted by atomic mass is 10.1. The standard InChI is InChI=1S/C16H28N4O/c1-11(2)14-9-13(10-15(17-4)19-14)16(21)18-12(3)7-8-20(5)6/h9-12H,7-8H2,1-6H3,(H,17,19)(H,18,21). The molecule has 1 unspecified atom stereocenters. The van der Waals surface area contributed by atoms with E-state index in [2.05, 4.69) is 34.4 Å². The minimum absolute atomic E-state index is 0.0398. The normalized spacial score (nSPS) is 12.6. The van der Waals surface area contributed by atoms with Crippen LogP contribution < -0.4 is 10.6 Å². The molecule has 1 aromatic rings. The van der Waals surface area contributed by atoms with Crippen LogP contribution in [0.25, 0.3) is 0 Å². The minimum atomic E-state index is -0.0398. The fraction of sp³-hybridized carbons (Fsp3) is 0.625. The van der Waals surface area contributed by atoms with E-state index in [0.29, 0.717) is 5.56 Å². The third-order valence-electron chi connectivity index (χ3n) is 3.34. The van der Waals surface area contributed by atoms with Crippen LogP contribution in [-0.4, -0.2) is 49.5 Å². The Kier molecular flexibility index (Phi) is 6.62. The highest BCUT2D eigenvalue weighted by Gasteiger charge is 2.13. The molecule has 0 saturated carbocycles. The van der Waals surface area contributed by atoms with Gasteiger partial charge in [-0.15, -0.1) is 0 Å². The molecule has 0 fully saturated rings. The van der Waals surface area contributed by atoms with E-state index >= 15 is 0 Å². The van der Waals surface area contributed by atoms with Gasteiger partial charge in [0, 0.05) is 24.3 Å². The Balaban J connectivity index is 2.79. The SMILES string of the molecule is CNc1cc(C(=O)NC(C)CCN(C)C)cc(C(C)C)n1. The zero-order valence-electron chi connectivity index (χ0n) is 14.0. The summed E-state index contributed by atoms with van der Waals surface area (Å²) in [5.74, 6) is 0.977. The van der Waals surface area contributed by atoms with Crippen molar-refractivity contribution in [1.29, 1.82) is 0 Å². The van der Waals surface area contributed by atoms with Crippen molar-refractivity contribution in [3.8, 4) is 0 Å². The van der Waals surface area contributed by atoms with Crippen molar-refractivity contribution in [3.05, 3.63) is 23.4 Å². The van der Waals surface area contributed by atoms with E-state index in [1.54, 1.807) is 6.07 Å². The van der Waals surface area contributed by atoms with Crippen LogP contribution in [0.4, 0.5) is 5.82 Å². The molecule has 0 aliphatic heterocycles. The van der Waals surface area contributed by atoms with Crippen LogP contribution in [0, 0.1) is 0 Å². The molecule has 1 heterocycles. The van der Waals surface area contributed by atoms with Gasteiger partial charge in [-0.05, 0) is 52.0 Å². The topological polar surface area (TPSA) is 57.3 Å². The molecule has 2 N–H and O–H groups in total. The van der Waals surface area contributed by atoms with E-state index in [1.807, 2.05) is 34.1 Å². The summed E-state index contributed by atoms with van der Waals surface area (Å²) in [6, 6.07) is 3.81. The van der Waals surface area contributed by atoms with E-state index < -0.39 is 0 Å². The van der Waals surface area contributed by atoms with Crippen LogP contribution in [0.3, 0.4) is 0 Å². The third-order valence-corrected chi connectivity index (χ3v) is 3.34. The monoisotopic (exact) mass is 292 g/mol. The summed E-state index contributed by atoms with van der Waals surface area (Å²) in [5, 5.41) is 6.06. The van der Waals surface area contributed by atoms with Crippen LogP contribution in [0.1, 0.15) is 49.2 Å². The maximum atomic E-state index is 12.4. The first-order chi connectivity index (χ1) is 9.83. The molecule has 1 atom stereocenters. The Bertz CT molecular complexity index is 471. The summed E-state index contributed by atoms with van der Waals surface area (Å²) in [6.07, 6.45) is 0.930. The highest BCUT2D eigenvalue weighted by Crippen LogP contribution is 2.17. The number of carbonyl (C=O) groups is 1. The number of rotatable bonds is 7. The number of pyridine rings is 1. The van der Waals surface area contributed by atoms with Crippen molar-refractivity contribution in [2.45, 2.75) is 39.2 Å². The van der Waals surface area contributed by atoms with Crippen LogP contribution in [0.2, 0.25) is 0 Å². The second kappa shape index (κ2) is 7.98. The molecule has 0 saturated heterocycles. The lowest BCUT2D eigenvalue weighted by molar-refractivity contribution is 0.0936. The third kappa shape index (κ3) is 5.71. The number of nitrogens with one attached hydrogen (secondary N) is 2. The summed E-state index contributed by atoms with van der Waals surface area (Å²) >= 11 is 0. The van der Waals surface area contributed by atoms with Gasteiger partial charge in [0.25, 0.3) is 5.91 Å². The summed E-state index contributed by atoms with van der Waals surface area (Å²) in [6.45, 7) is 7.13. The molecule has 0 radical (unpaired) electrons. The van der Waals surface area contributed by atoms with E-state index in [4.69, 9.17) is 0 Å². The predicted molar refractivity (Wildman–Crippen MR) is 88.0 cm³/mol. The second-order valence-electron chi connectivity index (χ2n) is 6.04. The van der Waals surface area contributed by atoms with Crippen molar-refractivity contribution in [1.82, 2.24) is 15.2 Å². The molecule has 1 amide bonds. The average molecular weight is 292 g/mol. The molecule has 0 bridgehead atoms. The Morgan fingerprint density at radius 2 is 1.95 bits per heavy atom. The number of amides is 1. The Hall–Kier alpha value is -1.62. The molecule has 0 aromatic carbocycles. The van der Waals surface area contributed by atoms with Crippen LogP contribution >= 0.6 is 0 Å². The molecular weight excluding hydrogens is 264 g/mol. The molecule has 0 spiro atoms. The fourth-order valence-corrected chi connectivity index (χ4v) is 1.94. The fourth-order valence-electron chi connectivity index (χ4n) is 1.94. The number of hydrogen-bond donors (Lipinski definition) is 2. The smallest absolute Gasteiger partial charge is 0.251 e. The van der Waals surface area contributed by atoms with Gasteiger partial charge in [-0.2, -0.15) is 0 Å². The van der Waals surface area contributed by atoms with Crippen molar-refractivity contribution in [2.24, 2.45) is 0 Å². The zero-order valence-corrected chi connectivity index (χ0v) is 14.0. The number of carbonyl (C=O) groups excluding carboxylic acids is 1. The van der Waals surface area contributed by atoms with Crippen LogP contribution in [0.15, 0.2) is 12.1 Å². The highest BCUT2D eigenvalue weighted by atomic mass is 16.1. The Labute approximate surface area is 128 Å². The minimum Gasteiger partial charge on any atom is -0.373 e. The van der Waals surface area contributed by atoms with Gasteiger partial charge >= 0.3 is 0 Å². The van der Waals surface area contributed by atoms with Crippen molar-refractivity contribution in [3.63, 3.8) is 0 Å². The van der Waals surface area contributed by atoms with Gasteiger partial charge in [-0.3, -0.25) is 4.79 Å². The lowest BCUT2D eigenvalue weighted by Gasteiger charge is -2.17. The summed E-state index contributed by atoms with van der Waals surface area (Å²) < 4.78 is 0. The van der Waals surface area contributed by atoms with E-state index in [9.17, 15) is 4.79 Å². The lowest BCUT2D eigenvalue weighted by Crippen LogP contribution is -2.34. The van der Waals surface area contributed by atoms with E-state index in [0.717, 1.165) is 24.5 Å². The maximum Gasteiger partial charge on any atom is 0.251 e. The maximum absolute atomic E-state index is 12.4. The number of aromatic nitrogens is 1. The van der Waals surface area contributed by atoms with E-state index in [-0.39, 0.29) is 17.9 Å². The Morgan fingerprint density at radius 1 is 1.29 bits per heavy atom. The molecule has 0 aliphatic rings. The van der Waals surface area contributed by atoms with Crippen molar-refractivity contribution < 1.29 is 4.79 Å². The van der Waals surface area contributed by atoms with Crippen molar-refractivity contribution >= 4 is 11.7 Å². The first-order valence-corrected chi connectivity index (χ1v) is 7.48. The molecular formula is C16H28N4O. The summed E-state index contributed by atoms with van der Waals surface area (Å²) in [7, 11) is 5.88. The van der Waals surface area contributed by atoms with Crippen LogP contribution in [0.5, 0.6) is 0 Å². The molecule has 1 rings (SSSR count). The van der Waals surface area contributed by atoms with E-state index in [1.165, 1.54) is 0 Å². The van der Waals surface area contributed by atoms with Crippen LogP contribution in [-0.2, 0) is 0 Å². The largest absolute Gasteiger partial charge is 0.373 e. The highest BCUT2D eigenvalue weighted by molar-refractivity contribution is 5.95. The molecule has 21 heavy (non-hydrogen) atoms. The number of nitrogens with zero attached hydrogens (tertiary/aromatic N) is 2. The Morgan fingerprint density at radius 3 is 2.48 bits per heavy atom. The average Bonchev–Trinajstić information content (AvgIpc) is 2.44. The number of hydrogen-bond acceptors (Lipinski definition) is 4. The summed E-state index contributed by atoms with van der Waals surface area (Å²) in [4.78, 5) is 19.0. The van der Waals surface area contributed by atoms with Gasteiger partial charge in [0.1, 0.15) is 5.82 Å². The first-order valence-electron chi connectivity index (χ1n) is 7.48. The molecule has 5 heteroatoms. The van der Waals surface area contributed by atoms with Gasteiger partial charge in [0.05, 0.1) is 0 Å². The van der Waals surface area contributed by atoms with Gasteiger partial charge in [-0.1, -0.05) is 13.8 Å². The van der Waals surface area contributed by atoms with Gasteiger partial charge in [0.2, 0.25) is 0 Å². The summed E-state index contributed by atoms with van der Waals surface area (Å²) in [5.41, 5.74) is 1.59. The zero-order chi connectivity index (χ0) is 16.0. The predicted octanol–water partition coefficient (Wildman–Crippen LogP) is 2.32.